The Labute approximate surface area is 161 Å². The molecule has 0 spiro atoms. The fourth-order valence-electron chi connectivity index (χ4n) is 3.00. The third-order valence-corrected chi connectivity index (χ3v) is 6.59. The molecule has 1 fully saturated rings. The Morgan fingerprint density at radius 1 is 1.50 bits per heavy atom. The summed E-state index contributed by atoms with van der Waals surface area (Å²) in [6.07, 6.45) is 0.861. The predicted octanol–water partition coefficient (Wildman–Crippen LogP) is 2.04. The minimum Gasteiger partial charge on any atom is -0.353 e. The molecule has 2 atom stereocenters. The summed E-state index contributed by atoms with van der Waals surface area (Å²) >= 11 is 3.27. The van der Waals surface area contributed by atoms with E-state index in [1.54, 1.807) is 22.7 Å². The summed E-state index contributed by atoms with van der Waals surface area (Å²) in [6.45, 7) is 5.42. The number of nitrogens with one attached hydrogen (secondary N) is 2. The van der Waals surface area contributed by atoms with Gasteiger partial charge in [-0.1, -0.05) is 0 Å². The van der Waals surface area contributed by atoms with Crippen molar-refractivity contribution in [1.82, 2.24) is 20.5 Å². The number of rotatable bonds is 6. The summed E-state index contributed by atoms with van der Waals surface area (Å²) < 4.78 is 0. The zero-order valence-electron chi connectivity index (χ0n) is 15.2. The standard InChI is InChI=1S/C18H24N4O2S2/c1-11-12(2)26-18(20-11)14(8-13-4-7-25-10-13)21-16(23)9-15-17(24)19-5-6-22(15)3/h4,7,10,14-15H,5-6,8-9H2,1-3H3,(H,19,24)(H,21,23)/t14-,15-/m0/s1. The fourth-order valence-corrected chi connectivity index (χ4v) is 4.65. The first kappa shape index (κ1) is 19.0. The lowest BCUT2D eigenvalue weighted by Crippen LogP contribution is -2.55. The van der Waals surface area contributed by atoms with Crippen LogP contribution in [0.15, 0.2) is 16.8 Å². The smallest absolute Gasteiger partial charge is 0.237 e. The van der Waals surface area contributed by atoms with E-state index in [1.165, 1.54) is 5.56 Å². The van der Waals surface area contributed by atoms with Crippen LogP contribution in [0.3, 0.4) is 0 Å². The highest BCUT2D eigenvalue weighted by Gasteiger charge is 2.30. The van der Waals surface area contributed by atoms with Crippen LogP contribution >= 0.6 is 22.7 Å². The summed E-state index contributed by atoms with van der Waals surface area (Å²) in [6, 6.07) is 1.48. The van der Waals surface area contributed by atoms with Crippen molar-refractivity contribution in [2.24, 2.45) is 0 Å². The summed E-state index contributed by atoms with van der Waals surface area (Å²) in [5.41, 5.74) is 2.18. The zero-order chi connectivity index (χ0) is 18.7. The van der Waals surface area contributed by atoms with Crippen molar-refractivity contribution in [1.29, 1.82) is 0 Å². The Bertz CT molecular complexity index is 753. The molecule has 2 aromatic rings. The van der Waals surface area contributed by atoms with Gasteiger partial charge in [0, 0.05) is 24.4 Å². The molecule has 0 aliphatic carbocycles. The Morgan fingerprint density at radius 2 is 2.31 bits per heavy atom. The quantitative estimate of drug-likeness (QED) is 0.789. The average Bonchev–Trinajstić information content (AvgIpc) is 3.21. The van der Waals surface area contributed by atoms with Crippen LogP contribution in [-0.2, 0) is 16.0 Å². The molecular weight excluding hydrogens is 368 g/mol. The minimum absolute atomic E-state index is 0.0794. The van der Waals surface area contributed by atoms with Crippen LogP contribution in [0.5, 0.6) is 0 Å². The van der Waals surface area contributed by atoms with E-state index >= 15 is 0 Å². The summed E-state index contributed by atoms with van der Waals surface area (Å²) in [5, 5.41) is 11.0. The molecule has 1 aliphatic heterocycles. The first-order valence-corrected chi connectivity index (χ1v) is 10.4. The van der Waals surface area contributed by atoms with Crippen LogP contribution in [0.4, 0.5) is 0 Å². The molecule has 8 heteroatoms. The highest BCUT2D eigenvalue weighted by atomic mass is 32.1. The molecule has 1 aliphatic rings. The van der Waals surface area contributed by atoms with E-state index in [1.807, 2.05) is 31.2 Å². The number of thiophene rings is 1. The number of hydrogen-bond donors (Lipinski definition) is 2. The number of aromatic nitrogens is 1. The second kappa shape index (κ2) is 8.28. The van der Waals surface area contributed by atoms with Crippen molar-refractivity contribution in [3.63, 3.8) is 0 Å². The zero-order valence-corrected chi connectivity index (χ0v) is 16.9. The number of nitrogens with zero attached hydrogens (tertiary/aromatic N) is 2. The van der Waals surface area contributed by atoms with Crippen molar-refractivity contribution in [3.05, 3.63) is 38.0 Å². The van der Waals surface area contributed by atoms with Gasteiger partial charge in [0.2, 0.25) is 11.8 Å². The second-order valence-electron chi connectivity index (χ2n) is 6.64. The highest BCUT2D eigenvalue weighted by Crippen LogP contribution is 2.26. The number of likely N-dealkylation sites (N-methyl/N-ethyl adjacent to an activating group) is 1. The van der Waals surface area contributed by atoms with E-state index < -0.39 is 6.04 Å². The van der Waals surface area contributed by atoms with E-state index in [9.17, 15) is 9.59 Å². The van der Waals surface area contributed by atoms with Crippen molar-refractivity contribution in [2.45, 2.75) is 38.8 Å². The molecule has 0 unspecified atom stereocenters. The molecule has 2 amide bonds. The monoisotopic (exact) mass is 392 g/mol. The molecule has 0 saturated carbocycles. The maximum Gasteiger partial charge on any atom is 0.237 e. The molecule has 1 saturated heterocycles. The lowest BCUT2D eigenvalue weighted by Gasteiger charge is -2.31. The fraction of sp³-hybridized carbons (Fsp3) is 0.500. The van der Waals surface area contributed by atoms with E-state index in [0.717, 1.165) is 22.1 Å². The summed E-state index contributed by atoms with van der Waals surface area (Å²) in [5.74, 6) is -0.200. The predicted molar refractivity (Wildman–Crippen MR) is 105 cm³/mol. The van der Waals surface area contributed by atoms with Gasteiger partial charge in [-0.3, -0.25) is 14.5 Å². The van der Waals surface area contributed by atoms with Gasteiger partial charge in [-0.25, -0.2) is 4.98 Å². The first-order chi connectivity index (χ1) is 12.4. The van der Waals surface area contributed by atoms with Crippen LogP contribution < -0.4 is 10.6 Å². The highest BCUT2D eigenvalue weighted by molar-refractivity contribution is 7.11. The van der Waals surface area contributed by atoms with Gasteiger partial charge >= 0.3 is 0 Å². The summed E-state index contributed by atoms with van der Waals surface area (Å²) in [7, 11) is 1.88. The van der Waals surface area contributed by atoms with Crippen LogP contribution in [0.1, 0.15) is 33.6 Å². The van der Waals surface area contributed by atoms with Gasteiger partial charge in [-0.15, -0.1) is 11.3 Å². The number of aryl methyl sites for hydroxylation is 2. The van der Waals surface area contributed by atoms with E-state index in [4.69, 9.17) is 0 Å². The molecule has 3 rings (SSSR count). The van der Waals surface area contributed by atoms with Gasteiger partial charge in [0.05, 0.1) is 24.2 Å². The van der Waals surface area contributed by atoms with E-state index in [0.29, 0.717) is 13.0 Å². The molecule has 0 aromatic carbocycles. The molecule has 2 N–H and O–H groups in total. The maximum atomic E-state index is 12.7. The van der Waals surface area contributed by atoms with Gasteiger partial charge < -0.3 is 10.6 Å². The van der Waals surface area contributed by atoms with Crippen LogP contribution in [0, 0.1) is 13.8 Å². The maximum absolute atomic E-state index is 12.7. The number of thiazole rings is 1. The lowest BCUT2D eigenvalue weighted by atomic mass is 10.1. The normalized spacial score (nSPS) is 19.2. The molecular formula is C18H24N4O2S2. The number of piperazine rings is 1. The Kier molecular flexibility index (Phi) is 6.05. The van der Waals surface area contributed by atoms with Crippen LogP contribution in [-0.4, -0.2) is 47.9 Å². The van der Waals surface area contributed by atoms with E-state index in [-0.39, 0.29) is 24.3 Å². The van der Waals surface area contributed by atoms with Crippen LogP contribution in [0.2, 0.25) is 0 Å². The van der Waals surface area contributed by atoms with Crippen molar-refractivity contribution in [3.8, 4) is 0 Å². The number of hydrogen-bond acceptors (Lipinski definition) is 6. The Balaban J connectivity index is 1.72. The lowest BCUT2D eigenvalue weighted by molar-refractivity contribution is -0.133. The van der Waals surface area contributed by atoms with Gasteiger partial charge in [0.1, 0.15) is 5.01 Å². The van der Waals surface area contributed by atoms with Gasteiger partial charge in [-0.2, -0.15) is 11.3 Å². The molecule has 2 aromatic heterocycles. The van der Waals surface area contributed by atoms with Gasteiger partial charge in [-0.05, 0) is 43.3 Å². The Morgan fingerprint density at radius 3 is 2.92 bits per heavy atom. The topological polar surface area (TPSA) is 74.3 Å². The molecule has 0 bridgehead atoms. The third kappa shape index (κ3) is 4.49. The molecule has 140 valence electrons. The average molecular weight is 393 g/mol. The first-order valence-electron chi connectivity index (χ1n) is 8.66. The molecule has 26 heavy (non-hydrogen) atoms. The molecule has 6 nitrogen and oxygen atoms in total. The minimum atomic E-state index is -0.412. The molecule has 3 heterocycles. The number of carbonyl (C=O) groups excluding carboxylic acids is 2. The van der Waals surface area contributed by atoms with Crippen molar-refractivity contribution < 1.29 is 9.59 Å². The number of carbonyl (C=O) groups is 2. The van der Waals surface area contributed by atoms with E-state index in [2.05, 4.69) is 27.1 Å². The number of amides is 2. The van der Waals surface area contributed by atoms with Crippen molar-refractivity contribution in [2.75, 3.05) is 20.1 Å². The second-order valence-corrected chi connectivity index (χ2v) is 8.66. The SMILES string of the molecule is Cc1nc([C@H](Cc2ccsc2)NC(=O)C[C@H]2C(=O)NCCN2C)sc1C. The largest absolute Gasteiger partial charge is 0.353 e. The van der Waals surface area contributed by atoms with Gasteiger partial charge in [0.25, 0.3) is 0 Å². The van der Waals surface area contributed by atoms with Crippen molar-refractivity contribution >= 4 is 34.5 Å². The van der Waals surface area contributed by atoms with Gasteiger partial charge in [0.15, 0.2) is 0 Å². The third-order valence-electron chi connectivity index (χ3n) is 4.68. The molecule has 0 radical (unpaired) electrons. The summed E-state index contributed by atoms with van der Waals surface area (Å²) in [4.78, 5) is 32.5. The van der Waals surface area contributed by atoms with Crippen LogP contribution in [0.25, 0.3) is 0 Å². The Hall–Kier alpha value is -1.77.